The third kappa shape index (κ3) is 3.99. The highest BCUT2D eigenvalue weighted by molar-refractivity contribution is 7.98. The largest absolute Gasteiger partial charge is 0.495 e. The number of likely N-dealkylation sites (tertiary alicyclic amines) is 1. The molecule has 0 bridgehead atoms. The van der Waals surface area contributed by atoms with E-state index in [1.807, 2.05) is 13.3 Å². The number of nitro groups is 1. The van der Waals surface area contributed by atoms with Crippen LogP contribution in [0.25, 0.3) is 0 Å². The molecule has 1 aliphatic heterocycles. The molecular formula is C16H23N3O4S. The van der Waals surface area contributed by atoms with Crippen molar-refractivity contribution < 1.29 is 14.5 Å². The number of carbonyl (C=O) groups is 1. The van der Waals surface area contributed by atoms with Crippen molar-refractivity contribution in [2.45, 2.75) is 17.7 Å². The number of hydrogen-bond acceptors (Lipinski definition) is 6. The molecule has 1 aromatic carbocycles. The number of carbonyl (C=O) groups excluding carboxylic acids is 1. The number of thioether (sulfide) groups is 1. The molecule has 0 radical (unpaired) electrons. The number of rotatable bonds is 6. The Hall–Kier alpha value is -1.80. The minimum absolute atomic E-state index is 0.136. The average molecular weight is 353 g/mol. The summed E-state index contributed by atoms with van der Waals surface area (Å²) in [7, 11) is 3.38. The van der Waals surface area contributed by atoms with Crippen molar-refractivity contribution in [2.75, 3.05) is 40.0 Å². The van der Waals surface area contributed by atoms with Crippen molar-refractivity contribution in [2.24, 2.45) is 5.92 Å². The van der Waals surface area contributed by atoms with Crippen LogP contribution in [0.4, 0.5) is 5.69 Å². The average Bonchev–Trinajstić information content (AvgIpc) is 2.60. The molecule has 0 atom stereocenters. The maximum atomic E-state index is 12.8. The molecule has 7 nitrogen and oxygen atoms in total. The molecule has 1 amide bonds. The van der Waals surface area contributed by atoms with Gasteiger partial charge in [-0.3, -0.25) is 14.9 Å². The van der Waals surface area contributed by atoms with Crippen LogP contribution in [0, 0.1) is 16.0 Å². The van der Waals surface area contributed by atoms with Crippen LogP contribution < -0.4 is 10.1 Å². The van der Waals surface area contributed by atoms with Crippen molar-refractivity contribution in [3.63, 3.8) is 0 Å². The first kappa shape index (κ1) is 18.5. The van der Waals surface area contributed by atoms with Crippen molar-refractivity contribution in [3.8, 4) is 5.75 Å². The maximum absolute atomic E-state index is 12.8. The van der Waals surface area contributed by atoms with Gasteiger partial charge in [0.1, 0.15) is 11.3 Å². The SMILES string of the molecule is CNCC1CCN(C(=O)c2cc(SC)c(OC)cc2[N+](=O)[O-])CC1. The number of nitro benzene ring substituents is 1. The van der Waals surface area contributed by atoms with Gasteiger partial charge >= 0.3 is 0 Å². The molecule has 1 aliphatic rings. The molecule has 1 N–H and O–H groups in total. The molecular weight excluding hydrogens is 330 g/mol. The summed E-state index contributed by atoms with van der Waals surface area (Å²) in [6, 6.07) is 2.91. The van der Waals surface area contributed by atoms with Gasteiger partial charge < -0.3 is 15.0 Å². The van der Waals surface area contributed by atoms with Gasteiger partial charge in [-0.25, -0.2) is 0 Å². The number of nitrogens with one attached hydrogen (secondary N) is 1. The number of ether oxygens (including phenoxy) is 1. The first-order valence-corrected chi connectivity index (χ1v) is 9.08. The first-order chi connectivity index (χ1) is 11.5. The lowest BCUT2D eigenvalue weighted by Gasteiger charge is -2.32. The minimum atomic E-state index is -0.520. The van der Waals surface area contributed by atoms with Gasteiger partial charge in [-0.1, -0.05) is 0 Å². The van der Waals surface area contributed by atoms with E-state index in [1.165, 1.54) is 24.9 Å². The molecule has 1 heterocycles. The quantitative estimate of drug-likeness (QED) is 0.480. The van der Waals surface area contributed by atoms with Gasteiger partial charge in [-0.2, -0.15) is 0 Å². The summed E-state index contributed by atoms with van der Waals surface area (Å²) >= 11 is 1.40. The predicted octanol–water partition coefficient (Wildman–Crippen LogP) is 2.40. The van der Waals surface area contributed by atoms with E-state index in [-0.39, 0.29) is 17.2 Å². The molecule has 8 heteroatoms. The molecule has 0 spiro atoms. The van der Waals surface area contributed by atoms with E-state index in [4.69, 9.17) is 4.74 Å². The van der Waals surface area contributed by atoms with E-state index in [0.717, 1.165) is 24.3 Å². The van der Waals surface area contributed by atoms with E-state index in [1.54, 1.807) is 11.0 Å². The van der Waals surface area contributed by atoms with Crippen molar-refractivity contribution in [1.29, 1.82) is 0 Å². The summed E-state index contributed by atoms with van der Waals surface area (Å²) in [6.45, 7) is 2.19. The summed E-state index contributed by atoms with van der Waals surface area (Å²) in [5, 5.41) is 14.5. The summed E-state index contributed by atoms with van der Waals surface area (Å²) in [5.74, 6) is 0.688. The Morgan fingerprint density at radius 3 is 2.62 bits per heavy atom. The summed E-state index contributed by atoms with van der Waals surface area (Å²) < 4.78 is 5.19. The van der Waals surface area contributed by atoms with E-state index in [9.17, 15) is 14.9 Å². The van der Waals surface area contributed by atoms with Crippen LogP contribution in [0.5, 0.6) is 5.75 Å². The van der Waals surface area contributed by atoms with Gasteiger partial charge in [-0.15, -0.1) is 11.8 Å². The van der Waals surface area contributed by atoms with Gasteiger partial charge in [0.05, 0.1) is 23.0 Å². The highest BCUT2D eigenvalue weighted by Gasteiger charge is 2.29. The molecule has 2 rings (SSSR count). The lowest BCUT2D eigenvalue weighted by atomic mass is 9.96. The third-order valence-electron chi connectivity index (χ3n) is 4.32. The molecule has 24 heavy (non-hydrogen) atoms. The highest BCUT2D eigenvalue weighted by Crippen LogP contribution is 2.35. The molecule has 0 saturated carbocycles. The Labute approximate surface area is 145 Å². The minimum Gasteiger partial charge on any atom is -0.495 e. The van der Waals surface area contributed by atoms with Crippen LogP contribution in [0.1, 0.15) is 23.2 Å². The second-order valence-corrected chi connectivity index (χ2v) is 6.62. The zero-order chi connectivity index (χ0) is 17.7. The predicted molar refractivity (Wildman–Crippen MR) is 94.0 cm³/mol. The molecule has 1 saturated heterocycles. The van der Waals surface area contributed by atoms with Crippen LogP contribution in [0.15, 0.2) is 17.0 Å². The second-order valence-electron chi connectivity index (χ2n) is 5.77. The van der Waals surface area contributed by atoms with Crippen molar-refractivity contribution in [3.05, 3.63) is 27.8 Å². The van der Waals surface area contributed by atoms with E-state index in [2.05, 4.69) is 5.32 Å². The monoisotopic (exact) mass is 353 g/mol. The lowest BCUT2D eigenvalue weighted by molar-refractivity contribution is -0.385. The van der Waals surface area contributed by atoms with E-state index < -0.39 is 4.92 Å². The highest BCUT2D eigenvalue weighted by atomic mass is 32.2. The molecule has 0 unspecified atom stereocenters. The third-order valence-corrected chi connectivity index (χ3v) is 5.08. The molecule has 1 aromatic rings. The van der Waals surface area contributed by atoms with Crippen LogP contribution in [-0.4, -0.2) is 55.8 Å². The number of piperidine rings is 1. The fourth-order valence-corrected chi connectivity index (χ4v) is 3.57. The van der Waals surface area contributed by atoms with Crippen molar-refractivity contribution >= 4 is 23.4 Å². The summed E-state index contributed by atoms with van der Waals surface area (Å²) in [4.78, 5) is 26.1. The van der Waals surface area contributed by atoms with Gasteiger partial charge in [-0.05, 0) is 44.7 Å². The van der Waals surface area contributed by atoms with E-state index >= 15 is 0 Å². The fourth-order valence-electron chi connectivity index (χ4n) is 2.99. The Morgan fingerprint density at radius 2 is 2.12 bits per heavy atom. The standard InChI is InChI=1S/C16H23N3O4S/c1-17-10-11-4-6-18(7-5-11)16(20)12-8-15(24-3)14(23-2)9-13(12)19(21)22/h8-9,11,17H,4-7,10H2,1-3H3. The first-order valence-electron chi connectivity index (χ1n) is 7.86. The van der Waals surface area contributed by atoms with Crippen LogP contribution in [0.3, 0.4) is 0 Å². The summed E-state index contributed by atoms with van der Waals surface area (Å²) in [5.41, 5.74) is -0.0655. The number of nitrogens with zero attached hydrogens (tertiary/aromatic N) is 2. The zero-order valence-corrected chi connectivity index (χ0v) is 15.0. The smallest absolute Gasteiger partial charge is 0.285 e. The molecule has 132 valence electrons. The Bertz CT molecular complexity index is 616. The van der Waals surface area contributed by atoms with Crippen LogP contribution >= 0.6 is 11.8 Å². The van der Waals surface area contributed by atoms with Gasteiger partial charge in [0.25, 0.3) is 11.6 Å². The van der Waals surface area contributed by atoms with Gasteiger partial charge in [0.15, 0.2) is 0 Å². The molecule has 0 aliphatic carbocycles. The van der Waals surface area contributed by atoms with E-state index in [0.29, 0.717) is 24.8 Å². The Morgan fingerprint density at radius 1 is 1.46 bits per heavy atom. The number of benzene rings is 1. The van der Waals surface area contributed by atoms with Crippen LogP contribution in [0.2, 0.25) is 0 Å². The Balaban J connectivity index is 2.27. The van der Waals surface area contributed by atoms with Gasteiger partial charge in [0.2, 0.25) is 0 Å². The van der Waals surface area contributed by atoms with Crippen molar-refractivity contribution in [1.82, 2.24) is 10.2 Å². The zero-order valence-electron chi connectivity index (χ0n) is 14.2. The normalized spacial score (nSPS) is 15.4. The summed E-state index contributed by atoms with van der Waals surface area (Å²) in [6.07, 6.45) is 3.67. The topological polar surface area (TPSA) is 84.7 Å². The lowest BCUT2D eigenvalue weighted by Crippen LogP contribution is -2.40. The number of hydrogen-bond donors (Lipinski definition) is 1. The van der Waals surface area contributed by atoms with Gasteiger partial charge in [0, 0.05) is 13.1 Å². The number of amides is 1. The number of methoxy groups -OCH3 is 1. The molecule has 1 fully saturated rings. The maximum Gasteiger partial charge on any atom is 0.285 e. The fraction of sp³-hybridized carbons (Fsp3) is 0.562. The Kier molecular flexibility index (Phi) is 6.44. The van der Waals surface area contributed by atoms with Crippen LogP contribution in [-0.2, 0) is 0 Å². The molecule has 0 aromatic heterocycles. The second kappa shape index (κ2) is 8.34.